The van der Waals surface area contributed by atoms with Crippen LogP contribution in [0.3, 0.4) is 0 Å². The Balaban J connectivity index is 1.41. The van der Waals surface area contributed by atoms with E-state index in [-0.39, 0.29) is 0 Å². The van der Waals surface area contributed by atoms with Gasteiger partial charge in [-0.25, -0.2) is 0 Å². The molecule has 20 heavy (non-hydrogen) atoms. The van der Waals surface area contributed by atoms with E-state index in [4.69, 9.17) is 0 Å². The molecule has 3 fully saturated rings. The molecular formula is C16H29N3O. The molecule has 3 aliphatic rings. The number of carbonyl (C=O) groups is 1. The lowest BCUT2D eigenvalue weighted by molar-refractivity contribution is -0.132. The lowest BCUT2D eigenvalue weighted by Crippen LogP contribution is -2.47. The molecule has 0 bridgehead atoms. The third-order valence-corrected chi connectivity index (χ3v) is 5.54. The first-order valence-corrected chi connectivity index (χ1v) is 8.48. The van der Waals surface area contributed by atoms with Gasteiger partial charge in [0.15, 0.2) is 0 Å². The Morgan fingerprint density at radius 1 is 1.00 bits per heavy atom. The first-order chi connectivity index (χ1) is 9.77. The summed E-state index contributed by atoms with van der Waals surface area (Å²) >= 11 is 0. The predicted molar refractivity (Wildman–Crippen MR) is 80.6 cm³/mol. The molecule has 4 heteroatoms. The maximum Gasteiger partial charge on any atom is 0.223 e. The summed E-state index contributed by atoms with van der Waals surface area (Å²) in [4.78, 5) is 16.8. The fourth-order valence-electron chi connectivity index (χ4n) is 4.25. The largest absolute Gasteiger partial charge is 0.340 e. The minimum Gasteiger partial charge on any atom is -0.340 e. The molecule has 1 N–H and O–H groups in total. The van der Waals surface area contributed by atoms with E-state index in [9.17, 15) is 4.79 Å². The average molecular weight is 279 g/mol. The SMILES string of the molecule is O=C(CCN1CCC2(CCCCC2)C1)N1CCNCC1. The highest BCUT2D eigenvalue weighted by atomic mass is 16.2. The molecule has 1 amide bonds. The summed E-state index contributed by atoms with van der Waals surface area (Å²) in [6.07, 6.45) is 9.22. The van der Waals surface area contributed by atoms with Gasteiger partial charge in [-0.05, 0) is 31.2 Å². The number of piperazine rings is 1. The van der Waals surface area contributed by atoms with E-state index in [1.54, 1.807) is 0 Å². The normalized spacial score (nSPS) is 27.1. The number of rotatable bonds is 3. The van der Waals surface area contributed by atoms with Crippen LogP contribution < -0.4 is 5.32 Å². The van der Waals surface area contributed by atoms with Gasteiger partial charge in [-0.15, -0.1) is 0 Å². The Morgan fingerprint density at radius 2 is 1.75 bits per heavy atom. The summed E-state index contributed by atoms with van der Waals surface area (Å²) in [5.41, 5.74) is 0.621. The van der Waals surface area contributed by atoms with Gasteiger partial charge in [0.2, 0.25) is 5.91 Å². The lowest BCUT2D eigenvalue weighted by atomic mass is 9.73. The van der Waals surface area contributed by atoms with Crippen molar-refractivity contribution in [2.45, 2.75) is 44.9 Å². The van der Waals surface area contributed by atoms with Crippen molar-refractivity contribution in [3.05, 3.63) is 0 Å². The third-order valence-electron chi connectivity index (χ3n) is 5.54. The van der Waals surface area contributed by atoms with Crippen LogP contribution in [0, 0.1) is 5.41 Å². The smallest absolute Gasteiger partial charge is 0.223 e. The quantitative estimate of drug-likeness (QED) is 0.849. The van der Waals surface area contributed by atoms with Gasteiger partial charge in [0.05, 0.1) is 0 Å². The van der Waals surface area contributed by atoms with Crippen LogP contribution in [0.4, 0.5) is 0 Å². The molecular weight excluding hydrogens is 250 g/mol. The number of likely N-dealkylation sites (tertiary alicyclic amines) is 1. The Hall–Kier alpha value is -0.610. The zero-order chi connectivity index (χ0) is 13.8. The minimum atomic E-state index is 0.357. The second-order valence-electron chi connectivity index (χ2n) is 6.97. The Kier molecular flexibility index (Phi) is 4.61. The van der Waals surface area contributed by atoms with Crippen molar-refractivity contribution >= 4 is 5.91 Å². The number of nitrogens with one attached hydrogen (secondary N) is 1. The van der Waals surface area contributed by atoms with Crippen molar-refractivity contribution in [3.63, 3.8) is 0 Å². The minimum absolute atomic E-state index is 0.357. The summed E-state index contributed by atoms with van der Waals surface area (Å²) in [5.74, 6) is 0.357. The first kappa shape index (κ1) is 14.3. The lowest BCUT2D eigenvalue weighted by Gasteiger charge is -2.33. The molecule has 2 aliphatic heterocycles. The van der Waals surface area contributed by atoms with Crippen molar-refractivity contribution in [2.24, 2.45) is 5.41 Å². The van der Waals surface area contributed by atoms with Crippen LogP contribution in [-0.2, 0) is 4.79 Å². The van der Waals surface area contributed by atoms with E-state index in [2.05, 4.69) is 10.2 Å². The van der Waals surface area contributed by atoms with Gasteiger partial charge in [0.1, 0.15) is 0 Å². The molecule has 3 rings (SSSR count). The molecule has 2 heterocycles. The van der Waals surface area contributed by atoms with Gasteiger partial charge in [-0.3, -0.25) is 4.79 Å². The van der Waals surface area contributed by atoms with Gasteiger partial charge < -0.3 is 15.1 Å². The average Bonchev–Trinajstić information content (AvgIpc) is 2.89. The maximum atomic E-state index is 12.2. The van der Waals surface area contributed by atoms with E-state index in [1.165, 1.54) is 51.6 Å². The van der Waals surface area contributed by atoms with Crippen LogP contribution >= 0.6 is 0 Å². The van der Waals surface area contributed by atoms with Crippen LogP contribution in [0.1, 0.15) is 44.9 Å². The van der Waals surface area contributed by atoms with E-state index >= 15 is 0 Å². The van der Waals surface area contributed by atoms with Crippen LogP contribution in [-0.4, -0.2) is 61.5 Å². The standard InChI is InChI=1S/C16H29N3O/c20-15(19-12-8-17-9-13-19)4-10-18-11-7-16(14-18)5-2-1-3-6-16/h17H,1-14H2. The second kappa shape index (κ2) is 6.44. The Bertz CT molecular complexity index is 333. The highest BCUT2D eigenvalue weighted by Gasteiger charge is 2.38. The first-order valence-electron chi connectivity index (χ1n) is 8.48. The van der Waals surface area contributed by atoms with Crippen molar-refractivity contribution in [1.29, 1.82) is 0 Å². The van der Waals surface area contributed by atoms with Crippen molar-refractivity contribution in [3.8, 4) is 0 Å². The summed E-state index contributed by atoms with van der Waals surface area (Å²) < 4.78 is 0. The zero-order valence-corrected chi connectivity index (χ0v) is 12.7. The van der Waals surface area contributed by atoms with E-state index < -0.39 is 0 Å². The van der Waals surface area contributed by atoms with Gasteiger partial charge in [0.25, 0.3) is 0 Å². The molecule has 4 nitrogen and oxygen atoms in total. The number of nitrogens with zero attached hydrogens (tertiary/aromatic N) is 2. The maximum absolute atomic E-state index is 12.2. The molecule has 1 saturated carbocycles. The topological polar surface area (TPSA) is 35.6 Å². The Labute approximate surface area is 122 Å². The second-order valence-corrected chi connectivity index (χ2v) is 6.97. The molecule has 0 unspecified atom stereocenters. The number of amides is 1. The van der Waals surface area contributed by atoms with Gasteiger partial charge in [-0.2, -0.15) is 0 Å². The summed E-state index contributed by atoms with van der Waals surface area (Å²) in [7, 11) is 0. The highest BCUT2D eigenvalue weighted by molar-refractivity contribution is 5.76. The molecule has 1 spiro atoms. The number of hydrogen-bond donors (Lipinski definition) is 1. The van der Waals surface area contributed by atoms with Crippen molar-refractivity contribution < 1.29 is 4.79 Å². The van der Waals surface area contributed by atoms with Gasteiger partial charge in [-0.1, -0.05) is 19.3 Å². The van der Waals surface area contributed by atoms with E-state index in [0.717, 1.165) is 39.1 Å². The molecule has 2 saturated heterocycles. The van der Waals surface area contributed by atoms with Crippen LogP contribution in [0.15, 0.2) is 0 Å². The number of hydrogen-bond acceptors (Lipinski definition) is 3. The van der Waals surface area contributed by atoms with Crippen molar-refractivity contribution in [1.82, 2.24) is 15.1 Å². The molecule has 0 radical (unpaired) electrons. The van der Waals surface area contributed by atoms with E-state index in [1.807, 2.05) is 4.90 Å². The number of carbonyl (C=O) groups excluding carboxylic acids is 1. The molecule has 1 aliphatic carbocycles. The molecule has 0 aromatic rings. The zero-order valence-electron chi connectivity index (χ0n) is 12.7. The third kappa shape index (κ3) is 3.34. The highest BCUT2D eigenvalue weighted by Crippen LogP contribution is 2.43. The van der Waals surface area contributed by atoms with Crippen LogP contribution in [0.25, 0.3) is 0 Å². The van der Waals surface area contributed by atoms with Crippen molar-refractivity contribution in [2.75, 3.05) is 45.8 Å². The predicted octanol–water partition coefficient (Wildman–Crippen LogP) is 1.46. The van der Waals surface area contributed by atoms with Gasteiger partial charge >= 0.3 is 0 Å². The van der Waals surface area contributed by atoms with Crippen LogP contribution in [0.5, 0.6) is 0 Å². The Morgan fingerprint density at radius 3 is 2.50 bits per heavy atom. The fraction of sp³-hybridized carbons (Fsp3) is 0.938. The monoisotopic (exact) mass is 279 g/mol. The molecule has 0 aromatic carbocycles. The molecule has 114 valence electrons. The van der Waals surface area contributed by atoms with Gasteiger partial charge in [0, 0.05) is 45.7 Å². The summed E-state index contributed by atoms with van der Waals surface area (Å²) in [6.45, 7) is 7.14. The molecule has 0 aromatic heterocycles. The fourth-order valence-corrected chi connectivity index (χ4v) is 4.25. The molecule has 0 atom stereocenters. The summed E-state index contributed by atoms with van der Waals surface area (Å²) in [5, 5.41) is 3.30. The van der Waals surface area contributed by atoms with Crippen LogP contribution in [0.2, 0.25) is 0 Å². The van der Waals surface area contributed by atoms with E-state index in [0.29, 0.717) is 11.3 Å². The summed E-state index contributed by atoms with van der Waals surface area (Å²) in [6, 6.07) is 0.